The van der Waals surface area contributed by atoms with Crippen molar-refractivity contribution in [3.8, 4) is 0 Å². The van der Waals surface area contributed by atoms with Gasteiger partial charge in [0.15, 0.2) is 4.96 Å². The first-order valence-corrected chi connectivity index (χ1v) is 11.2. The van der Waals surface area contributed by atoms with Gasteiger partial charge in [0.1, 0.15) is 5.82 Å². The van der Waals surface area contributed by atoms with Gasteiger partial charge in [-0.2, -0.15) is 0 Å². The highest BCUT2D eigenvalue weighted by molar-refractivity contribution is 7.99. The van der Waals surface area contributed by atoms with E-state index in [9.17, 15) is 9.59 Å². The van der Waals surface area contributed by atoms with Gasteiger partial charge in [0, 0.05) is 55.8 Å². The third kappa shape index (κ3) is 4.31. The van der Waals surface area contributed by atoms with Crippen molar-refractivity contribution in [1.29, 1.82) is 0 Å². The Morgan fingerprint density at radius 2 is 2.07 bits per heavy atom. The number of thioether (sulfide) groups is 1. The third-order valence-electron chi connectivity index (χ3n) is 4.50. The molecule has 0 spiro atoms. The molecule has 1 aliphatic heterocycles. The molecular formula is C18H18ClN5O2S2. The minimum absolute atomic E-state index is 0.0832. The number of aromatic nitrogens is 3. The van der Waals surface area contributed by atoms with Crippen molar-refractivity contribution in [2.45, 2.75) is 5.75 Å². The molecule has 0 unspecified atom stereocenters. The zero-order chi connectivity index (χ0) is 19.5. The summed E-state index contributed by atoms with van der Waals surface area (Å²) in [5.41, 5.74) is 0.629. The number of rotatable bonds is 5. The first kappa shape index (κ1) is 19.2. The van der Waals surface area contributed by atoms with Crippen LogP contribution in [0.1, 0.15) is 5.69 Å². The fraction of sp³-hybridized carbons (Fsp3) is 0.333. The molecule has 1 saturated heterocycles. The summed E-state index contributed by atoms with van der Waals surface area (Å²) in [6, 6.07) is 5.26. The Morgan fingerprint density at radius 1 is 1.25 bits per heavy atom. The van der Waals surface area contributed by atoms with Crippen LogP contribution in [0.4, 0.5) is 5.82 Å². The third-order valence-corrected chi connectivity index (χ3v) is 6.43. The molecule has 146 valence electrons. The standard InChI is InChI=1S/C18H18ClN5O2S2/c19-13-1-2-15(20-10-13)22-3-5-23(6-4-22)17(26)12-27-11-14-9-16(25)24-7-8-28-18(24)21-14/h1-2,7-10H,3-6,11-12H2. The van der Waals surface area contributed by atoms with E-state index in [1.807, 2.05) is 22.4 Å². The van der Waals surface area contributed by atoms with Gasteiger partial charge < -0.3 is 9.80 Å². The van der Waals surface area contributed by atoms with Crippen LogP contribution in [0.3, 0.4) is 0 Å². The first-order valence-electron chi connectivity index (χ1n) is 8.78. The molecule has 0 N–H and O–H groups in total. The lowest BCUT2D eigenvalue weighted by molar-refractivity contribution is -0.128. The average molecular weight is 436 g/mol. The summed E-state index contributed by atoms with van der Waals surface area (Å²) in [5.74, 6) is 1.92. The molecule has 1 fully saturated rings. The van der Waals surface area contributed by atoms with Gasteiger partial charge in [-0.05, 0) is 12.1 Å². The number of piperazine rings is 1. The van der Waals surface area contributed by atoms with E-state index in [2.05, 4.69) is 14.9 Å². The van der Waals surface area contributed by atoms with Crippen molar-refractivity contribution < 1.29 is 4.79 Å². The molecule has 1 aliphatic rings. The Balaban J connectivity index is 1.26. The predicted octanol–water partition coefficient (Wildman–Crippen LogP) is 2.39. The SMILES string of the molecule is O=C(CSCc1cc(=O)n2ccsc2n1)N1CCN(c2ccc(Cl)cn2)CC1. The average Bonchev–Trinajstić information content (AvgIpc) is 3.18. The summed E-state index contributed by atoms with van der Waals surface area (Å²) in [6.45, 7) is 2.84. The first-order chi connectivity index (χ1) is 13.6. The van der Waals surface area contributed by atoms with Crippen LogP contribution in [0.15, 0.2) is 40.8 Å². The van der Waals surface area contributed by atoms with Crippen molar-refractivity contribution in [2.24, 2.45) is 0 Å². The van der Waals surface area contributed by atoms with E-state index in [1.54, 1.807) is 12.4 Å². The van der Waals surface area contributed by atoms with Crippen LogP contribution >= 0.6 is 34.7 Å². The molecule has 3 aromatic rings. The minimum atomic E-state index is -0.0832. The number of halogens is 1. The maximum Gasteiger partial charge on any atom is 0.258 e. The minimum Gasteiger partial charge on any atom is -0.353 e. The van der Waals surface area contributed by atoms with Gasteiger partial charge in [-0.25, -0.2) is 9.97 Å². The molecule has 0 saturated carbocycles. The van der Waals surface area contributed by atoms with Gasteiger partial charge >= 0.3 is 0 Å². The lowest BCUT2D eigenvalue weighted by Gasteiger charge is -2.35. The van der Waals surface area contributed by atoms with Crippen molar-refractivity contribution in [3.63, 3.8) is 0 Å². The number of pyridine rings is 1. The molecule has 4 heterocycles. The van der Waals surface area contributed by atoms with E-state index < -0.39 is 0 Å². The molecule has 0 radical (unpaired) electrons. The smallest absolute Gasteiger partial charge is 0.258 e. The Kier molecular flexibility index (Phi) is 5.84. The number of amides is 1. The van der Waals surface area contributed by atoms with E-state index in [1.165, 1.54) is 33.6 Å². The fourth-order valence-electron chi connectivity index (χ4n) is 3.04. The molecule has 10 heteroatoms. The van der Waals surface area contributed by atoms with Crippen molar-refractivity contribution in [1.82, 2.24) is 19.3 Å². The second-order valence-electron chi connectivity index (χ2n) is 6.34. The summed E-state index contributed by atoms with van der Waals surface area (Å²) in [6.07, 6.45) is 3.35. The van der Waals surface area contributed by atoms with E-state index in [0.717, 1.165) is 18.9 Å². The van der Waals surface area contributed by atoms with Gasteiger partial charge in [-0.1, -0.05) is 11.6 Å². The molecule has 0 aromatic carbocycles. The van der Waals surface area contributed by atoms with Crippen LogP contribution in [0, 0.1) is 0 Å². The van der Waals surface area contributed by atoms with Crippen LogP contribution in [0.25, 0.3) is 4.96 Å². The maximum atomic E-state index is 12.5. The summed E-state index contributed by atoms with van der Waals surface area (Å²) < 4.78 is 1.53. The molecule has 1 amide bonds. The zero-order valence-electron chi connectivity index (χ0n) is 15.0. The van der Waals surface area contributed by atoms with Crippen molar-refractivity contribution >= 4 is 51.4 Å². The Bertz CT molecular complexity index is 1030. The largest absolute Gasteiger partial charge is 0.353 e. The lowest BCUT2D eigenvalue weighted by atomic mass is 10.3. The second kappa shape index (κ2) is 8.50. The molecule has 0 aliphatic carbocycles. The van der Waals surface area contributed by atoms with E-state index >= 15 is 0 Å². The number of carbonyl (C=O) groups is 1. The molecule has 28 heavy (non-hydrogen) atoms. The van der Waals surface area contributed by atoms with Crippen LogP contribution in [0.2, 0.25) is 5.02 Å². The van der Waals surface area contributed by atoms with Gasteiger partial charge in [-0.3, -0.25) is 14.0 Å². The number of hydrogen-bond donors (Lipinski definition) is 0. The molecule has 3 aromatic heterocycles. The molecule has 0 bridgehead atoms. The number of anilines is 1. The highest BCUT2D eigenvalue weighted by Crippen LogP contribution is 2.17. The topological polar surface area (TPSA) is 70.8 Å². The number of nitrogens with zero attached hydrogens (tertiary/aromatic N) is 5. The zero-order valence-corrected chi connectivity index (χ0v) is 17.3. The Labute approximate surface area is 175 Å². The van der Waals surface area contributed by atoms with Gasteiger partial charge in [0.25, 0.3) is 5.56 Å². The molecular weight excluding hydrogens is 418 g/mol. The highest BCUT2D eigenvalue weighted by Gasteiger charge is 2.21. The quantitative estimate of drug-likeness (QED) is 0.612. The van der Waals surface area contributed by atoms with Crippen molar-refractivity contribution in [3.05, 3.63) is 57.0 Å². The monoisotopic (exact) mass is 435 g/mol. The number of fused-ring (bicyclic) bond motifs is 1. The van der Waals surface area contributed by atoms with Crippen LogP contribution in [-0.2, 0) is 10.5 Å². The summed E-state index contributed by atoms with van der Waals surface area (Å²) in [5, 5.41) is 2.45. The van der Waals surface area contributed by atoms with Gasteiger partial charge in [0.05, 0.1) is 16.5 Å². The second-order valence-corrected chi connectivity index (χ2v) is 8.63. The Morgan fingerprint density at radius 3 is 2.82 bits per heavy atom. The fourth-order valence-corrected chi connectivity index (χ4v) is 4.70. The predicted molar refractivity (Wildman–Crippen MR) is 114 cm³/mol. The van der Waals surface area contributed by atoms with E-state index in [0.29, 0.717) is 40.3 Å². The lowest BCUT2D eigenvalue weighted by Crippen LogP contribution is -2.49. The van der Waals surface area contributed by atoms with Crippen LogP contribution < -0.4 is 10.5 Å². The van der Waals surface area contributed by atoms with E-state index in [-0.39, 0.29) is 11.5 Å². The highest BCUT2D eigenvalue weighted by atomic mass is 35.5. The normalized spacial score (nSPS) is 14.6. The van der Waals surface area contributed by atoms with Gasteiger partial charge in [0.2, 0.25) is 5.91 Å². The summed E-state index contributed by atoms with van der Waals surface area (Å²) >= 11 is 8.80. The molecule has 7 nitrogen and oxygen atoms in total. The maximum absolute atomic E-state index is 12.5. The van der Waals surface area contributed by atoms with Crippen LogP contribution in [-0.4, -0.2) is 57.1 Å². The Hall–Kier alpha value is -2.10. The van der Waals surface area contributed by atoms with Crippen molar-refractivity contribution in [2.75, 3.05) is 36.8 Å². The summed E-state index contributed by atoms with van der Waals surface area (Å²) in [4.78, 5) is 38.0. The molecule has 4 rings (SSSR count). The van der Waals surface area contributed by atoms with Gasteiger partial charge in [-0.15, -0.1) is 23.1 Å². The van der Waals surface area contributed by atoms with E-state index in [4.69, 9.17) is 11.6 Å². The van der Waals surface area contributed by atoms with Crippen LogP contribution in [0.5, 0.6) is 0 Å². The number of thiazole rings is 1. The molecule has 0 atom stereocenters. The number of carbonyl (C=O) groups excluding carboxylic acids is 1. The summed E-state index contributed by atoms with van der Waals surface area (Å²) in [7, 11) is 0. The number of hydrogen-bond acceptors (Lipinski definition) is 7.